The van der Waals surface area contributed by atoms with Crippen molar-refractivity contribution in [3.05, 3.63) is 33.8 Å². The monoisotopic (exact) mass is 439 g/mol. The lowest BCUT2D eigenvalue weighted by Crippen LogP contribution is -2.41. The minimum Gasteiger partial charge on any atom is -0.381 e. The van der Waals surface area contributed by atoms with Gasteiger partial charge in [0.25, 0.3) is 0 Å². The van der Waals surface area contributed by atoms with Crippen molar-refractivity contribution < 1.29 is 8.95 Å². The molecular weight excluding hydrogens is 410 g/mol. The summed E-state index contributed by atoms with van der Waals surface area (Å²) in [6.45, 7) is 8.23. The Morgan fingerprint density at radius 3 is 2.73 bits per heavy atom. The second-order valence-electron chi connectivity index (χ2n) is 8.75. The lowest BCUT2D eigenvalue weighted by Gasteiger charge is -2.42. The number of methoxy groups -OCH3 is 1. The Balaban J connectivity index is 2.07. The molecule has 1 aromatic rings. The zero-order valence-electron chi connectivity index (χ0n) is 16.5. The maximum Gasteiger partial charge on any atom is 0.145 e. The normalized spacial score (nSPS) is 31.4. The van der Waals surface area contributed by atoms with Gasteiger partial charge in [0.1, 0.15) is 11.0 Å². The zero-order valence-corrected chi connectivity index (χ0v) is 18.9. The van der Waals surface area contributed by atoms with E-state index in [4.69, 9.17) is 9.13 Å². The van der Waals surface area contributed by atoms with Crippen molar-refractivity contribution in [3.8, 4) is 0 Å². The van der Waals surface area contributed by atoms with Crippen molar-refractivity contribution in [3.63, 3.8) is 0 Å². The smallest absolute Gasteiger partial charge is 0.145 e. The average molecular weight is 440 g/mol. The minimum atomic E-state index is -1.25. The van der Waals surface area contributed by atoms with Crippen LogP contribution in [0.2, 0.25) is 0 Å². The number of hydrogen-bond donors (Lipinski definition) is 0. The van der Waals surface area contributed by atoms with E-state index in [9.17, 15) is 4.21 Å². The SMILES string of the molecule is CC[C@H]1C[C@@]2(CC[C@@H]1OC)Cc1ccc(Br)cc1C2=N[S@@](=O)C(C)(C)C. The first kappa shape index (κ1) is 20.2. The van der Waals surface area contributed by atoms with Crippen LogP contribution in [0.15, 0.2) is 27.1 Å². The predicted octanol–water partition coefficient (Wildman–Crippen LogP) is 5.47. The molecule has 3 rings (SSSR count). The molecule has 3 nitrogen and oxygen atoms in total. The van der Waals surface area contributed by atoms with Crippen LogP contribution in [-0.2, 0) is 22.1 Å². The standard InChI is InChI=1S/C21H30BrNO2S/c1-6-14-12-21(10-9-18(14)25-5)13-15-7-8-16(22)11-17(15)19(21)23-26(24)20(2,3)4/h7-8,11,14,18H,6,9-10,12-13H2,1-5H3/t14-,18-,21-,26-/m0/s1. The van der Waals surface area contributed by atoms with E-state index in [2.05, 4.69) is 41.1 Å². The summed E-state index contributed by atoms with van der Waals surface area (Å²) in [6, 6.07) is 6.47. The highest BCUT2D eigenvalue weighted by Crippen LogP contribution is 2.51. The second kappa shape index (κ2) is 7.48. The number of fused-ring (bicyclic) bond motifs is 1. The quantitative estimate of drug-likeness (QED) is 0.625. The van der Waals surface area contributed by atoms with Crippen molar-refractivity contribution in [2.75, 3.05) is 7.11 Å². The van der Waals surface area contributed by atoms with Crippen LogP contribution >= 0.6 is 15.9 Å². The molecule has 0 unspecified atom stereocenters. The Hall–Kier alpha value is -0.520. The van der Waals surface area contributed by atoms with Gasteiger partial charge in [-0.3, -0.25) is 0 Å². The van der Waals surface area contributed by atoms with Gasteiger partial charge in [0.05, 0.1) is 16.6 Å². The van der Waals surface area contributed by atoms with E-state index in [1.807, 2.05) is 27.9 Å². The topological polar surface area (TPSA) is 38.7 Å². The fourth-order valence-electron chi connectivity index (χ4n) is 4.51. The van der Waals surface area contributed by atoms with Crippen molar-refractivity contribution in [1.82, 2.24) is 0 Å². The Morgan fingerprint density at radius 1 is 1.38 bits per heavy atom. The summed E-state index contributed by atoms with van der Waals surface area (Å²) < 4.78 is 24.2. The number of rotatable bonds is 3. The third kappa shape index (κ3) is 3.72. The van der Waals surface area contributed by atoms with E-state index in [1.165, 1.54) is 11.1 Å². The highest BCUT2D eigenvalue weighted by molar-refractivity contribution is 9.10. The highest BCUT2D eigenvalue weighted by Gasteiger charge is 2.49. The molecule has 1 aromatic carbocycles. The van der Waals surface area contributed by atoms with Gasteiger partial charge >= 0.3 is 0 Å². The summed E-state index contributed by atoms with van der Waals surface area (Å²) in [5.74, 6) is 0.528. The molecule has 2 aliphatic rings. The number of benzene rings is 1. The molecule has 0 aliphatic heterocycles. The number of nitrogens with zero attached hydrogens (tertiary/aromatic N) is 1. The van der Waals surface area contributed by atoms with Crippen LogP contribution in [0.1, 0.15) is 64.5 Å². The van der Waals surface area contributed by atoms with E-state index >= 15 is 0 Å². The molecule has 26 heavy (non-hydrogen) atoms. The summed E-state index contributed by atoms with van der Waals surface area (Å²) >= 11 is 3.61. The number of hydrogen-bond acceptors (Lipinski definition) is 2. The van der Waals surface area contributed by atoms with Gasteiger partial charge in [-0.25, -0.2) is 4.21 Å². The number of ether oxygens (including phenoxy) is 1. The molecule has 0 N–H and O–H groups in total. The van der Waals surface area contributed by atoms with E-state index in [0.717, 1.165) is 42.3 Å². The van der Waals surface area contributed by atoms with Gasteiger partial charge in [-0.05, 0) is 70.1 Å². The van der Waals surface area contributed by atoms with Gasteiger partial charge in [-0.2, -0.15) is 4.40 Å². The molecule has 0 amide bonds. The Kier molecular flexibility index (Phi) is 5.82. The fraction of sp³-hybridized carbons (Fsp3) is 0.667. The second-order valence-corrected chi connectivity index (χ2v) is 11.6. The van der Waals surface area contributed by atoms with Crippen molar-refractivity contribution in [2.24, 2.45) is 15.7 Å². The molecule has 1 saturated carbocycles. The molecule has 4 atom stereocenters. The molecular formula is C21H30BrNO2S. The van der Waals surface area contributed by atoms with Crippen molar-refractivity contribution in [1.29, 1.82) is 0 Å². The first-order chi connectivity index (χ1) is 12.2. The molecule has 144 valence electrons. The van der Waals surface area contributed by atoms with E-state index < -0.39 is 11.0 Å². The van der Waals surface area contributed by atoms with Crippen LogP contribution in [0.3, 0.4) is 0 Å². The zero-order chi connectivity index (χ0) is 19.1. The van der Waals surface area contributed by atoms with Gasteiger partial charge < -0.3 is 4.74 Å². The first-order valence-corrected chi connectivity index (χ1v) is 11.4. The maximum atomic E-state index is 12.9. The third-order valence-corrected chi connectivity index (χ3v) is 7.86. The molecule has 1 spiro atoms. The molecule has 2 aliphatic carbocycles. The van der Waals surface area contributed by atoms with Gasteiger partial charge in [0.2, 0.25) is 0 Å². The molecule has 5 heteroatoms. The van der Waals surface area contributed by atoms with Crippen LogP contribution < -0.4 is 0 Å². The lowest BCUT2D eigenvalue weighted by molar-refractivity contribution is -0.00383. The highest BCUT2D eigenvalue weighted by atomic mass is 79.9. The minimum absolute atomic E-state index is 0.000255. The summed E-state index contributed by atoms with van der Waals surface area (Å²) in [5.41, 5.74) is 3.58. The first-order valence-electron chi connectivity index (χ1n) is 9.53. The van der Waals surface area contributed by atoms with E-state index in [1.54, 1.807) is 0 Å². The molecule has 0 saturated heterocycles. The van der Waals surface area contributed by atoms with Crippen LogP contribution in [0.4, 0.5) is 0 Å². The summed E-state index contributed by atoms with van der Waals surface area (Å²) in [6.07, 6.45) is 5.60. The number of halogens is 1. The Morgan fingerprint density at radius 2 is 2.12 bits per heavy atom. The van der Waals surface area contributed by atoms with Crippen LogP contribution in [-0.4, -0.2) is 27.9 Å². The molecule has 1 fully saturated rings. The molecule has 0 aromatic heterocycles. The van der Waals surface area contributed by atoms with Crippen molar-refractivity contribution >= 4 is 32.6 Å². The average Bonchev–Trinajstić information content (AvgIpc) is 2.86. The lowest BCUT2D eigenvalue weighted by atomic mass is 9.65. The van der Waals surface area contributed by atoms with Crippen LogP contribution in [0.25, 0.3) is 0 Å². The predicted molar refractivity (Wildman–Crippen MR) is 113 cm³/mol. The van der Waals surface area contributed by atoms with Gasteiger partial charge in [-0.15, -0.1) is 0 Å². The van der Waals surface area contributed by atoms with E-state index in [-0.39, 0.29) is 10.2 Å². The Bertz CT molecular complexity index is 740. The van der Waals surface area contributed by atoms with E-state index in [0.29, 0.717) is 12.0 Å². The third-order valence-electron chi connectivity index (χ3n) is 5.97. The van der Waals surface area contributed by atoms with Gasteiger partial charge in [0.15, 0.2) is 0 Å². The largest absolute Gasteiger partial charge is 0.381 e. The summed E-state index contributed by atoms with van der Waals surface area (Å²) in [7, 11) is 0.578. The van der Waals surface area contributed by atoms with Crippen LogP contribution in [0.5, 0.6) is 0 Å². The molecule has 0 bridgehead atoms. The van der Waals surface area contributed by atoms with Crippen molar-refractivity contribution in [2.45, 2.75) is 70.7 Å². The van der Waals surface area contributed by atoms with Gasteiger partial charge in [0, 0.05) is 22.6 Å². The molecule has 0 radical (unpaired) electrons. The fourth-order valence-corrected chi connectivity index (χ4v) is 5.60. The maximum absolute atomic E-state index is 12.9. The molecule has 0 heterocycles. The van der Waals surface area contributed by atoms with Gasteiger partial charge in [-0.1, -0.05) is 35.3 Å². The Labute approximate surface area is 168 Å². The van der Waals surface area contributed by atoms with Crippen LogP contribution in [0, 0.1) is 11.3 Å². The summed E-state index contributed by atoms with van der Waals surface area (Å²) in [4.78, 5) is 0. The summed E-state index contributed by atoms with van der Waals surface area (Å²) in [5, 5.41) is 0.